The van der Waals surface area contributed by atoms with E-state index in [2.05, 4.69) is 5.32 Å². The highest BCUT2D eigenvalue weighted by molar-refractivity contribution is 7.91. The molecular formula is C11H16F2N2O2S. The molecule has 7 heteroatoms. The van der Waals surface area contributed by atoms with Gasteiger partial charge >= 0.3 is 5.76 Å². The van der Waals surface area contributed by atoms with Crippen LogP contribution in [0.1, 0.15) is 13.3 Å². The van der Waals surface area contributed by atoms with Crippen LogP contribution >= 0.6 is 0 Å². The van der Waals surface area contributed by atoms with Crippen LogP contribution in [0.5, 0.6) is 0 Å². The van der Waals surface area contributed by atoms with Gasteiger partial charge in [-0.05, 0) is 30.7 Å². The van der Waals surface area contributed by atoms with Crippen LogP contribution in [0.15, 0.2) is 29.2 Å². The third-order valence-electron chi connectivity index (χ3n) is 2.51. The number of nitrogens with one attached hydrogen (secondary N) is 1. The molecule has 0 saturated heterocycles. The largest absolute Gasteiger partial charge is 0.383 e. The lowest BCUT2D eigenvalue weighted by molar-refractivity contribution is 0.234. The lowest BCUT2D eigenvalue weighted by Gasteiger charge is -2.11. The molecule has 1 atom stereocenters. The molecule has 0 aliphatic carbocycles. The van der Waals surface area contributed by atoms with Crippen LogP contribution in [0, 0.1) is 0 Å². The standard InChI is InChI=1S/C11H16F2N2O2S/c1-2-8(14)7-15-9-3-5-10(6-4-9)18(16,17)11(12)13/h3-6,8,11,15H,2,7,14H2,1H3. The number of anilines is 1. The molecule has 102 valence electrons. The lowest BCUT2D eigenvalue weighted by Crippen LogP contribution is -2.27. The average Bonchev–Trinajstić information content (AvgIpc) is 2.36. The number of nitrogens with two attached hydrogens (primary N) is 1. The van der Waals surface area contributed by atoms with E-state index >= 15 is 0 Å². The number of hydrogen-bond acceptors (Lipinski definition) is 4. The van der Waals surface area contributed by atoms with Gasteiger partial charge in [-0.1, -0.05) is 6.92 Å². The van der Waals surface area contributed by atoms with Crippen molar-refractivity contribution in [2.75, 3.05) is 11.9 Å². The second-order valence-electron chi connectivity index (χ2n) is 3.88. The Bertz CT molecular complexity index is 474. The maximum atomic E-state index is 12.3. The van der Waals surface area contributed by atoms with Gasteiger partial charge < -0.3 is 11.1 Å². The fourth-order valence-corrected chi connectivity index (χ4v) is 1.98. The Kier molecular flexibility index (Phi) is 5.03. The van der Waals surface area contributed by atoms with Crippen LogP contribution < -0.4 is 11.1 Å². The van der Waals surface area contributed by atoms with Crippen molar-refractivity contribution in [1.82, 2.24) is 0 Å². The van der Waals surface area contributed by atoms with E-state index in [0.29, 0.717) is 12.2 Å². The minimum atomic E-state index is -4.52. The summed E-state index contributed by atoms with van der Waals surface area (Å²) in [4.78, 5) is -0.386. The molecule has 0 spiro atoms. The molecule has 0 aromatic heterocycles. The summed E-state index contributed by atoms with van der Waals surface area (Å²) in [7, 11) is -4.52. The van der Waals surface area contributed by atoms with Crippen LogP contribution in [0.2, 0.25) is 0 Å². The summed E-state index contributed by atoms with van der Waals surface area (Å²) in [5, 5.41) is 3.00. The first kappa shape index (κ1) is 14.8. The van der Waals surface area contributed by atoms with Gasteiger partial charge in [0.25, 0.3) is 0 Å². The first-order valence-corrected chi connectivity index (χ1v) is 7.04. The van der Waals surface area contributed by atoms with Gasteiger partial charge in [0, 0.05) is 18.3 Å². The van der Waals surface area contributed by atoms with Crippen LogP contribution in [0.4, 0.5) is 14.5 Å². The number of alkyl halides is 2. The minimum absolute atomic E-state index is 0.00512. The monoisotopic (exact) mass is 278 g/mol. The quantitative estimate of drug-likeness (QED) is 0.832. The topological polar surface area (TPSA) is 72.2 Å². The molecule has 0 fully saturated rings. The first-order chi connectivity index (χ1) is 8.37. The Morgan fingerprint density at radius 1 is 1.28 bits per heavy atom. The molecule has 0 heterocycles. The van der Waals surface area contributed by atoms with Gasteiger partial charge in [-0.25, -0.2) is 8.42 Å². The molecular weight excluding hydrogens is 262 g/mol. The molecule has 0 saturated carbocycles. The molecule has 4 nitrogen and oxygen atoms in total. The summed E-state index contributed by atoms with van der Waals surface area (Å²) in [6.45, 7) is 2.49. The molecule has 1 rings (SSSR count). The molecule has 18 heavy (non-hydrogen) atoms. The minimum Gasteiger partial charge on any atom is -0.383 e. The van der Waals surface area contributed by atoms with Crippen LogP contribution in [0.3, 0.4) is 0 Å². The highest BCUT2D eigenvalue weighted by atomic mass is 32.2. The van der Waals surface area contributed by atoms with Crippen LogP contribution in [-0.2, 0) is 9.84 Å². The fraction of sp³-hybridized carbons (Fsp3) is 0.455. The van der Waals surface area contributed by atoms with Crippen molar-refractivity contribution < 1.29 is 17.2 Å². The van der Waals surface area contributed by atoms with E-state index in [-0.39, 0.29) is 10.9 Å². The molecule has 0 radical (unpaired) electrons. The van der Waals surface area contributed by atoms with Gasteiger partial charge in [0.05, 0.1) is 4.90 Å². The highest BCUT2D eigenvalue weighted by Crippen LogP contribution is 2.20. The smallest absolute Gasteiger partial charge is 0.341 e. The fourth-order valence-electron chi connectivity index (χ4n) is 1.26. The highest BCUT2D eigenvalue weighted by Gasteiger charge is 2.26. The summed E-state index contributed by atoms with van der Waals surface area (Å²) >= 11 is 0. The SMILES string of the molecule is CCC(N)CNc1ccc(S(=O)(=O)C(F)F)cc1. The van der Waals surface area contributed by atoms with Crippen molar-refractivity contribution in [3.8, 4) is 0 Å². The van der Waals surface area contributed by atoms with Gasteiger partial charge in [-0.15, -0.1) is 0 Å². The van der Waals surface area contributed by atoms with E-state index in [0.717, 1.165) is 18.6 Å². The Labute approximate surface area is 105 Å². The molecule has 0 aliphatic heterocycles. The summed E-state index contributed by atoms with van der Waals surface area (Å²) in [6, 6.07) is 5.19. The zero-order valence-corrected chi connectivity index (χ0v) is 10.8. The van der Waals surface area contributed by atoms with E-state index in [1.165, 1.54) is 12.1 Å². The molecule has 0 bridgehead atoms. The van der Waals surface area contributed by atoms with Crippen molar-refractivity contribution in [2.45, 2.75) is 30.0 Å². The van der Waals surface area contributed by atoms with Crippen molar-refractivity contribution in [3.63, 3.8) is 0 Å². The van der Waals surface area contributed by atoms with Gasteiger partial charge in [0.2, 0.25) is 9.84 Å². The Morgan fingerprint density at radius 3 is 2.28 bits per heavy atom. The maximum absolute atomic E-state index is 12.3. The number of benzene rings is 1. The Morgan fingerprint density at radius 2 is 1.83 bits per heavy atom. The summed E-state index contributed by atoms with van der Waals surface area (Å²) in [5.41, 5.74) is 6.35. The predicted molar refractivity (Wildman–Crippen MR) is 66.4 cm³/mol. The number of hydrogen-bond donors (Lipinski definition) is 2. The van der Waals surface area contributed by atoms with Crippen molar-refractivity contribution >= 4 is 15.5 Å². The van der Waals surface area contributed by atoms with E-state index in [1.807, 2.05) is 6.92 Å². The Balaban J connectivity index is 2.75. The van der Waals surface area contributed by atoms with E-state index in [1.54, 1.807) is 0 Å². The van der Waals surface area contributed by atoms with Gasteiger partial charge in [0.15, 0.2) is 0 Å². The van der Waals surface area contributed by atoms with Crippen molar-refractivity contribution in [2.24, 2.45) is 5.73 Å². The molecule has 0 amide bonds. The molecule has 1 aromatic carbocycles. The summed E-state index contributed by atoms with van der Waals surface area (Å²) in [6.07, 6.45) is 0.810. The van der Waals surface area contributed by atoms with Gasteiger partial charge in [0.1, 0.15) is 0 Å². The second-order valence-corrected chi connectivity index (χ2v) is 5.80. The predicted octanol–water partition coefficient (Wildman–Crippen LogP) is 1.83. The van der Waals surface area contributed by atoms with Crippen molar-refractivity contribution in [3.05, 3.63) is 24.3 Å². The number of rotatable bonds is 6. The second kappa shape index (κ2) is 6.10. The average molecular weight is 278 g/mol. The Hall–Kier alpha value is -1.21. The van der Waals surface area contributed by atoms with Crippen LogP contribution in [-0.4, -0.2) is 26.8 Å². The third-order valence-corrected chi connectivity index (χ3v) is 3.91. The first-order valence-electron chi connectivity index (χ1n) is 5.49. The number of sulfone groups is 1. The lowest BCUT2D eigenvalue weighted by atomic mass is 10.2. The van der Waals surface area contributed by atoms with E-state index in [4.69, 9.17) is 5.73 Å². The summed E-state index contributed by atoms with van der Waals surface area (Å²) < 4.78 is 46.9. The van der Waals surface area contributed by atoms with E-state index in [9.17, 15) is 17.2 Å². The summed E-state index contributed by atoms with van der Waals surface area (Å²) in [5.74, 6) is -3.40. The molecule has 0 aliphatic rings. The van der Waals surface area contributed by atoms with Crippen molar-refractivity contribution in [1.29, 1.82) is 0 Å². The molecule has 3 N–H and O–H groups in total. The molecule has 1 unspecified atom stereocenters. The zero-order chi connectivity index (χ0) is 13.8. The number of halogens is 2. The van der Waals surface area contributed by atoms with Gasteiger partial charge in [-0.3, -0.25) is 0 Å². The van der Waals surface area contributed by atoms with E-state index < -0.39 is 15.6 Å². The third kappa shape index (κ3) is 3.64. The normalized spacial score (nSPS) is 13.6. The maximum Gasteiger partial charge on any atom is 0.341 e. The van der Waals surface area contributed by atoms with Crippen LogP contribution in [0.25, 0.3) is 0 Å². The molecule has 1 aromatic rings. The van der Waals surface area contributed by atoms with Gasteiger partial charge in [-0.2, -0.15) is 8.78 Å². The zero-order valence-electron chi connectivity index (χ0n) is 9.94.